The molecule has 1 fully saturated rings. The molecule has 1 saturated heterocycles. The zero-order chi connectivity index (χ0) is 19.3. The van der Waals surface area contributed by atoms with Crippen LogP contribution >= 0.6 is 0 Å². The molecule has 1 aliphatic rings. The second-order valence-corrected chi connectivity index (χ2v) is 8.78. The number of piperidine rings is 1. The van der Waals surface area contributed by atoms with Crippen molar-refractivity contribution in [2.75, 3.05) is 24.2 Å². The lowest BCUT2D eigenvalue weighted by molar-refractivity contribution is -0.120. The summed E-state index contributed by atoms with van der Waals surface area (Å²) in [5.74, 6) is -0.998. The number of para-hydroxylation sites is 1. The Balaban J connectivity index is 1.51. The van der Waals surface area contributed by atoms with Crippen LogP contribution in [0.25, 0.3) is 0 Å². The highest BCUT2D eigenvalue weighted by molar-refractivity contribution is 7.89. The molecule has 0 spiro atoms. The van der Waals surface area contributed by atoms with Crippen LogP contribution in [0.2, 0.25) is 0 Å². The predicted molar refractivity (Wildman–Crippen MR) is 103 cm³/mol. The summed E-state index contributed by atoms with van der Waals surface area (Å²) >= 11 is 0. The van der Waals surface area contributed by atoms with Crippen molar-refractivity contribution in [1.29, 1.82) is 0 Å². The van der Waals surface area contributed by atoms with Gasteiger partial charge >= 0.3 is 0 Å². The molecule has 1 heterocycles. The molecule has 1 aliphatic heterocycles. The van der Waals surface area contributed by atoms with E-state index in [0.29, 0.717) is 32.4 Å². The van der Waals surface area contributed by atoms with E-state index in [-0.39, 0.29) is 23.3 Å². The molecular formula is C20H23FN2O3S. The number of sulfonamides is 1. The lowest BCUT2D eigenvalue weighted by atomic mass is 9.97. The first-order valence-electron chi connectivity index (χ1n) is 9.03. The van der Waals surface area contributed by atoms with E-state index < -0.39 is 15.8 Å². The highest BCUT2D eigenvalue weighted by Gasteiger charge is 2.31. The van der Waals surface area contributed by atoms with Crippen molar-refractivity contribution in [3.63, 3.8) is 0 Å². The number of aryl methyl sites for hydroxylation is 1. The standard InChI is InChI=1S/C20H23FN2O3S/c21-18-8-4-5-9-19(18)22-20(24)17-10-13-23(14-11-17)27(25,26)15-12-16-6-2-1-3-7-16/h1-9,17H,10-15H2,(H,22,24). The lowest BCUT2D eigenvalue weighted by Gasteiger charge is -2.30. The van der Waals surface area contributed by atoms with Gasteiger partial charge in [0.25, 0.3) is 0 Å². The zero-order valence-corrected chi connectivity index (χ0v) is 15.8. The summed E-state index contributed by atoms with van der Waals surface area (Å²) in [6, 6.07) is 15.5. The maximum Gasteiger partial charge on any atom is 0.227 e. The molecule has 0 aromatic heterocycles. The smallest absolute Gasteiger partial charge is 0.227 e. The molecule has 0 unspecified atom stereocenters. The van der Waals surface area contributed by atoms with Crippen LogP contribution < -0.4 is 5.32 Å². The number of benzene rings is 2. The number of halogens is 1. The monoisotopic (exact) mass is 390 g/mol. The van der Waals surface area contributed by atoms with Crippen molar-refractivity contribution in [2.45, 2.75) is 19.3 Å². The number of nitrogens with one attached hydrogen (secondary N) is 1. The van der Waals surface area contributed by atoms with Gasteiger partial charge in [-0.2, -0.15) is 0 Å². The SMILES string of the molecule is O=C(Nc1ccccc1F)C1CCN(S(=O)(=O)CCc2ccccc2)CC1. The van der Waals surface area contributed by atoms with Crippen LogP contribution in [0.4, 0.5) is 10.1 Å². The molecule has 3 rings (SSSR count). The lowest BCUT2D eigenvalue weighted by Crippen LogP contribution is -2.42. The van der Waals surface area contributed by atoms with Gasteiger partial charge in [0.05, 0.1) is 11.4 Å². The molecule has 0 aliphatic carbocycles. The third-order valence-corrected chi connectivity index (χ3v) is 6.71. The fourth-order valence-electron chi connectivity index (χ4n) is 3.21. The molecule has 144 valence electrons. The van der Waals surface area contributed by atoms with Gasteiger partial charge < -0.3 is 5.32 Å². The fraction of sp³-hybridized carbons (Fsp3) is 0.350. The number of hydrogen-bond acceptors (Lipinski definition) is 3. The number of carbonyl (C=O) groups excluding carboxylic acids is 1. The zero-order valence-electron chi connectivity index (χ0n) is 15.0. The minimum atomic E-state index is -3.35. The number of rotatable bonds is 6. The van der Waals surface area contributed by atoms with Gasteiger partial charge in [0.15, 0.2) is 0 Å². The molecule has 1 N–H and O–H groups in total. The van der Waals surface area contributed by atoms with Crippen molar-refractivity contribution in [3.8, 4) is 0 Å². The average Bonchev–Trinajstić information content (AvgIpc) is 2.69. The minimum Gasteiger partial charge on any atom is -0.323 e. The molecule has 2 aromatic rings. The Morgan fingerprint density at radius 2 is 1.67 bits per heavy atom. The van der Waals surface area contributed by atoms with E-state index in [1.165, 1.54) is 16.4 Å². The van der Waals surface area contributed by atoms with E-state index in [9.17, 15) is 17.6 Å². The first-order chi connectivity index (χ1) is 13.0. The summed E-state index contributed by atoms with van der Waals surface area (Å²) in [5, 5.41) is 2.60. The van der Waals surface area contributed by atoms with Gasteiger partial charge in [-0.15, -0.1) is 0 Å². The van der Waals surface area contributed by atoms with Crippen molar-refractivity contribution < 1.29 is 17.6 Å². The Bertz CT molecular complexity index is 879. The summed E-state index contributed by atoms with van der Waals surface area (Å²) in [7, 11) is -3.35. The Morgan fingerprint density at radius 3 is 2.33 bits per heavy atom. The number of carbonyl (C=O) groups is 1. The largest absolute Gasteiger partial charge is 0.323 e. The van der Waals surface area contributed by atoms with Gasteiger partial charge in [-0.1, -0.05) is 42.5 Å². The highest BCUT2D eigenvalue weighted by Crippen LogP contribution is 2.23. The van der Waals surface area contributed by atoms with E-state index in [1.807, 2.05) is 30.3 Å². The van der Waals surface area contributed by atoms with Crippen LogP contribution in [0.5, 0.6) is 0 Å². The summed E-state index contributed by atoms with van der Waals surface area (Å²) in [4.78, 5) is 12.3. The summed E-state index contributed by atoms with van der Waals surface area (Å²) in [5.41, 5.74) is 1.14. The molecule has 0 atom stereocenters. The Labute approximate surface area is 159 Å². The van der Waals surface area contributed by atoms with Crippen LogP contribution in [0.1, 0.15) is 18.4 Å². The van der Waals surface area contributed by atoms with E-state index in [2.05, 4.69) is 5.32 Å². The van der Waals surface area contributed by atoms with Crippen molar-refractivity contribution >= 4 is 21.6 Å². The average molecular weight is 390 g/mol. The van der Waals surface area contributed by atoms with Gasteiger partial charge in [-0.05, 0) is 37.0 Å². The summed E-state index contributed by atoms with van der Waals surface area (Å²) < 4.78 is 40.2. The van der Waals surface area contributed by atoms with Gasteiger partial charge in [0.1, 0.15) is 5.82 Å². The highest BCUT2D eigenvalue weighted by atomic mass is 32.2. The van der Waals surface area contributed by atoms with E-state index in [0.717, 1.165) is 5.56 Å². The maximum atomic E-state index is 13.7. The van der Waals surface area contributed by atoms with Crippen LogP contribution in [0.15, 0.2) is 54.6 Å². The van der Waals surface area contributed by atoms with E-state index in [1.54, 1.807) is 12.1 Å². The molecular weight excluding hydrogens is 367 g/mol. The van der Waals surface area contributed by atoms with Crippen LogP contribution in [0, 0.1) is 11.7 Å². The van der Waals surface area contributed by atoms with Gasteiger partial charge in [0, 0.05) is 19.0 Å². The molecule has 7 heteroatoms. The molecule has 0 saturated carbocycles. The van der Waals surface area contributed by atoms with E-state index in [4.69, 9.17) is 0 Å². The van der Waals surface area contributed by atoms with Crippen molar-refractivity contribution in [3.05, 3.63) is 66.0 Å². The van der Waals surface area contributed by atoms with Gasteiger partial charge in [0.2, 0.25) is 15.9 Å². The maximum absolute atomic E-state index is 13.7. The molecule has 0 bridgehead atoms. The normalized spacial score (nSPS) is 16.2. The first kappa shape index (κ1) is 19.5. The van der Waals surface area contributed by atoms with Crippen LogP contribution in [0.3, 0.4) is 0 Å². The number of amides is 1. The second kappa shape index (κ2) is 8.63. The predicted octanol–water partition coefficient (Wildman–Crippen LogP) is 3.05. The van der Waals surface area contributed by atoms with Crippen molar-refractivity contribution in [2.24, 2.45) is 5.92 Å². The Hall–Kier alpha value is -2.25. The Kier molecular flexibility index (Phi) is 6.23. The molecule has 0 radical (unpaired) electrons. The minimum absolute atomic E-state index is 0.0586. The first-order valence-corrected chi connectivity index (χ1v) is 10.6. The number of anilines is 1. The fourth-order valence-corrected chi connectivity index (χ4v) is 4.73. The quantitative estimate of drug-likeness (QED) is 0.824. The molecule has 5 nitrogen and oxygen atoms in total. The van der Waals surface area contributed by atoms with Crippen molar-refractivity contribution in [1.82, 2.24) is 4.31 Å². The number of hydrogen-bond donors (Lipinski definition) is 1. The molecule has 2 aromatic carbocycles. The number of nitrogens with zero attached hydrogens (tertiary/aromatic N) is 1. The second-order valence-electron chi connectivity index (χ2n) is 6.69. The third kappa shape index (κ3) is 5.14. The summed E-state index contributed by atoms with van der Waals surface area (Å²) in [6.45, 7) is 0.624. The van der Waals surface area contributed by atoms with Gasteiger partial charge in [-0.25, -0.2) is 17.1 Å². The Morgan fingerprint density at radius 1 is 1.04 bits per heavy atom. The molecule has 27 heavy (non-hydrogen) atoms. The van der Waals surface area contributed by atoms with Gasteiger partial charge in [-0.3, -0.25) is 4.79 Å². The molecule has 1 amide bonds. The van der Waals surface area contributed by atoms with E-state index >= 15 is 0 Å². The third-order valence-electron chi connectivity index (χ3n) is 4.84. The summed E-state index contributed by atoms with van der Waals surface area (Å²) in [6.07, 6.45) is 1.34. The van der Waals surface area contributed by atoms with Crippen LogP contribution in [-0.4, -0.2) is 37.5 Å². The van der Waals surface area contributed by atoms with Crippen LogP contribution in [-0.2, 0) is 21.2 Å². The topological polar surface area (TPSA) is 66.5 Å².